The normalized spacial score (nSPS) is 16.9. The molecule has 1 aliphatic rings. The average Bonchev–Trinajstić information content (AvgIpc) is 3.26. The summed E-state index contributed by atoms with van der Waals surface area (Å²) in [5, 5.41) is 14.8. The summed E-state index contributed by atoms with van der Waals surface area (Å²) in [7, 11) is -3.27. The molecule has 1 saturated heterocycles. The van der Waals surface area contributed by atoms with Gasteiger partial charge in [-0.3, -0.25) is 4.68 Å². The minimum atomic E-state index is -3.27. The Hall–Kier alpha value is -2.70. The molecule has 0 bridgehead atoms. The molecule has 0 amide bonds. The maximum absolute atomic E-state index is 12.3. The van der Waals surface area contributed by atoms with E-state index in [2.05, 4.69) is 21.1 Å². The molecule has 0 spiro atoms. The van der Waals surface area contributed by atoms with Crippen LogP contribution in [0.4, 0.5) is 0 Å². The molecule has 4 heterocycles. The Morgan fingerprint density at radius 2 is 2.19 bits per heavy atom. The van der Waals surface area contributed by atoms with Crippen LogP contribution in [0, 0.1) is 11.3 Å². The highest BCUT2D eigenvalue weighted by molar-refractivity contribution is 7.89. The second-order valence-corrected chi connectivity index (χ2v) is 9.00. The van der Waals surface area contributed by atoms with Gasteiger partial charge in [0, 0.05) is 42.6 Å². The summed E-state index contributed by atoms with van der Waals surface area (Å²) in [6.45, 7) is 2.40. The molecule has 1 fully saturated rings. The van der Waals surface area contributed by atoms with Gasteiger partial charge in [0.15, 0.2) is 0 Å². The van der Waals surface area contributed by atoms with Crippen LogP contribution in [-0.2, 0) is 15.6 Å². The zero-order valence-electron chi connectivity index (χ0n) is 15.0. The maximum Gasteiger partial charge on any atom is 0.214 e. The van der Waals surface area contributed by atoms with Crippen LogP contribution in [0.2, 0.25) is 0 Å². The van der Waals surface area contributed by atoms with E-state index < -0.39 is 15.6 Å². The fraction of sp³-hybridized carbons (Fsp3) is 0.389. The lowest BCUT2D eigenvalue weighted by Crippen LogP contribution is -2.64. The molecule has 1 aliphatic heterocycles. The van der Waals surface area contributed by atoms with Gasteiger partial charge < -0.3 is 4.98 Å². The van der Waals surface area contributed by atoms with Crippen LogP contribution in [0.25, 0.3) is 22.2 Å². The molecule has 9 heteroatoms. The molecule has 0 saturated carbocycles. The highest BCUT2D eigenvalue weighted by atomic mass is 32.2. The molecule has 3 aromatic heterocycles. The van der Waals surface area contributed by atoms with Gasteiger partial charge in [0.2, 0.25) is 10.0 Å². The van der Waals surface area contributed by atoms with Crippen molar-refractivity contribution in [3.05, 3.63) is 36.9 Å². The summed E-state index contributed by atoms with van der Waals surface area (Å²) >= 11 is 0. The number of H-pyrrole nitrogens is 1. The number of hydrogen-bond acceptors (Lipinski definition) is 5. The lowest BCUT2D eigenvalue weighted by atomic mass is 9.89. The third-order valence-corrected chi connectivity index (χ3v) is 7.01. The summed E-state index contributed by atoms with van der Waals surface area (Å²) in [6, 6.07) is 6.07. The largest absolute Gasteiger partial charge is 0.346 e. The van der Waals surface area contributed by atoms with E-state index in [1.807, 2.05) is 31.5 Å². The summed E-state index contributed by atoms with van der Waals surface area (Å²) in [6.07, 6.45) is 8.00. The molecule has 27 heavy (non-hydrogen) atoms. The van der Waals surface area contributed by atoms with Gasteiger partial charge in [-0.2, -0.15) is 14.7 Å². The first kappa shape index (κ1) is 17.7. The Morgan fingerprint density at radius 3 is 2.93 bits per heavy atom. The third-order valence-electron chi connectivity index (χ3n) is 5.04. The van der Waals surface area contributed by atoms with Crippen molar-refractivity contribution < 1.29 is 8.42 Å². The quantitative estimate of drug-likeness (QED) is 0.700. The monoisotopic (exact) mass is 384 g/mol. The van der Waals surface area contributed by atoms with E-state index in [0.717, 1.165) is 22.2 Å². The Bertz CT molecular complexity index is 1120. The van der Waals surface area contributed by atoms with E-state index in [0.29, 0.717) is 6.42 Å². The molecule has 0 radical (unpaired) electrons. The van der Waals surface area contributed by atoms with Gasteiger partial charge in [-0.05, 0) is 24.1 Å². The number of hydrogen-bond donors (Lipinski definition) is 1. The number of pyridine rings is 1. The van der Waals surface area contributed by atoms with Crippen LogP contribution in [0.3, 0.4) is 0 Å². The van der Waals surface area contributed by atoms with Gasteiger partial charge in [0.05, 0.1) is 24.4 Å². The van der Waals surface area contributed by atoms with Gasteiger partial charge in [0.25, 0.3) is 0 Å². The predicted octanol–water partition coefficient (Wildman–Crippen LogP) is 2.09. The van der Waals surface area contributed by atoms with Crippen molar-refractivity contribution in [1.29, 1.82) is 5.26 Å². The summed E-state index contributed by atoms with van der Waals surface area (Å²) in [5.74, 6) is 0.127. The molecular formula is C18H20N6O2S. The smallest absolute Gasteiger partial charge is 0.214 e. The zero-order chi connectivity index (χ0) is 19.1. The van der Waals surface area contributed by atoms with Crippen molar-refractivity contribution in [1.82, 2.24) is 24.1 Å². The van der Waals surface area contributed by atoms with Crippen molar-refractivity contribution in [2.45, 2.75) is 25.3 Å². The van der Waals surface area contributed by atoms with E-state index in [1.165, 1.54) is 4.31 Å². The average molecular weight is 384 g/mol. The molecule has 0 unspecified atom stereocenters. The van der Waals surface area contributed by atoms with Gasteiger partial charge >= 0.3 is 0 Å². The first-order chi connectivity index (χ1) is 13.0. The van der Waals surface area contributed by atoms with Crippen molar-refractivity contribution >= 4 is 21.1 Å². The Labute approximate surface area is 157 Å². The van der Waals surface area contributed by atoms with Gasteiger partial charge in [-0.25, -0.2) is 13.4 Å². The number of fused-ring (bicyclic) bond motifs is 1. The van der Waals surface area contributed by atoms with Crippen molar-refractivity contribution in [2.24, 2.45) is 0 Å². The summed E-state index contributed by atoms with van der Waals surface area (Å²) < 4.78 is 27.8. The number of aromatic amines is 1. The van der Waals surface area contributed by atoms with Crippen LogP contribution in [0.15, 0.2) is 36.9 Å². The fourth-order valence-electron chi connectivity index (χ4n) is 3.61. The second kappa shape index (κ2) is 6.48. The van der Waals surface area contributed by atoms with Crippen LogP contribution >= 0.6 is 0 Å². The molecule has 3 aromatic rings. The Morgan fingerprint density at radius 1 is 1.37 bits per heavy atom. The Kier molecular flexibility index (Phi) is 4.25. The fourth-order valence-corrected chi connectivity index (χ4v) is 5.26. The minimum absolute atomic E-state index is 0.127. The van der Waals surface area contributed by atoms with E-state index in [1.54, 1.807) is 17.1 Å². The lowest BCUT2D eigenvalue weighted by Gasteiger charge is -2.47. The SMILES string of the molecule is CCCS(=O)(=O)N1CC(CC#N)(n2cc(-c3ccnc4[nH]ccc34)cn2)C1. The second-order valence-electron chi connectivity index (χ2n) is 6.92. The van der Waals surface area contributed by atoms with Gasteiger partial charge in [-0.15, -0.1) is 0 Å². The van der Waals surface area contributed by atoms with E-state index in [-0.39, 0.29) is 25.3 Å². The Balaban J connectivity index is 1.65. The first-order valence-electron chi connectivity index (χ1n) is 8.81. The molecule has 0 aromatic carbocycles. The van der Waals surface area contributed by atoms with E-state index >= 15 is 0 Å². The first-order valence-corrected chi connectivity index (χ1v) is 10.4. The number of aromatic nitrogens is 4. The number of nitrogens with zero attached hydrogens (tertiary/aromatic N) is 5. The minimum Gasteiger partial charge on any atom is -0.346 e. The number of nitriles is 1. The summed E-state index contributed by atoms with van der Waals surface area (Å²) in [4.78, 5) is 7.38. The van der Waals surface area contributed by atoms with Crippen LogP contribution < -0.4 is 0 Å². The van der Waals surface area contributed by atoms with Crippen molar-refractivity contribution in [3.8, 4) is 17.2 Å². The van der Waals surface area contributed by atoms with Crippen molar-refractivity contribution in [2.75, 3.05) is 18.8 Å². The van der Waals surface area contributed by atoms with E-state index in [9.17, 15) is 13.7 Å². The maximum atomic E-state index is 12.3. The number of sulfonamides is 1. The topological polar surface area (TPSA) is 108 Å². The van der Waals surface area contributed by atoms with E-state index in [4.69, 9.17) is 0 Å². The van der Waals surface area contributed by atoms with Gasteiger partial charge in [-0.1, -0.05) is 6.92 Å². The third kappa shape index (κ3) is 2.91. The molecular weight excluding hydrogens is 364 g/mol. The molecule has 8 nitrogen and oxygen atoms in total. The lowest BCUT2D eigenvalue weighted by molar-refractivity contribution is 0.0718. The number of nitrogens with one attached hydrogen (secondary N) is 1. The van der Waals surface area contributed by atoms with Crippen molar-refractivity contribution in [3.63, 3.8) is 0 Å². The van der Waals surface area contributed by atoms with Crippen LogP contribution in [-0.4, -0.2) is 51.3 Å². The molecule has 1 N–H and O–H groups in total. The molecule has 140 valence electrons. The highest BCUT2D eigenvalue weighted by Gasteiger charge is 2.49. The zero-order valence-corrected chi connectivity index (χ0v) is 15.8. The molecule has 0 aliphatic carbocycles. The summed E-state index contributed by atoms with van der Waals surface area (Å²) in [5.41, 5.74) is 2.09. The highest BCUT2D eigenvalue weighted by Crippen LogP contribution is 2.36. The number of rotatable bonds is 6. The standard InChI is InChI=1S/C18H20N6O2S/c1-2-9-27(25,26)23-12-18(13-23,5-6-19)24-11-14(10-22-24)15-3-7-20-17-16(15)4-8-21-17/h3-4,7-8,10-11H,2,5,9,12-13H2,1H3,(H,20,21). The molecule has 0 atom stereocenters. The van der Waals surface area contributed by atoms with Crippen LogP contribution in [0.1, 0.15) is 19.8 Å². The van der Waals surface area contributed by atoms with Gasteiger partial charge in [0.1, 0.15) is 11.2 Å². The van der Waals surface area contributed by atoms with Crippen LogP contribution in [0.5, 0.6) is 0 Å². The molecule has 4 rings (SSSR count). The predicted molar refractivity (Wildman–Crippen MR) is 101 cm³/mol.